The maximum atomic E-state index is 13.5. The number of halogens is 18. The molecule has 0 saturated carbocycles. The van der Waals surface area contributed by atoms with Gasteiger partial charge in [0, 0.05) is 30.4 Å². The molecule has 0 aromatic heterocycles. The van der Waals surface area contributed by atoms with Crippen molar-refractivity contribution in [1.82, 2.24) is 0 Å². The Labute approximate surface area is 271 Å². The monoisotopic (exact) mass is 781 g/mol. The summed E-state index contributed by atoms with van der Waals surface area (Å²) < 4.78 is 251. The Morgan fingerprint density at radius 3 is 1.25 bits per heavy atom. The van der Waals surface area contributed by atoms with Crippen LogP contribution in [-0.4, -0.2) is 86.1 Å². The van der Waals surface area contributed by atoms with Gasteiger partial charge in [-0.2, -0.15) is 79.0 Å². The van der Waals surface area contributed by atoms with Crippen molar-refractivity contribution in [1.29, 1.82) is 0 Å². The lowest BCUT2D eigenvalue weighted by molar-refractivity contribution is -0.388. The number of allylic oxidation sites excluding steroid dienone is 2. The highest BCUT2D eigenvalue weighted by Gasteiger charge is 2.82. The van der Waals surface area contributed by atoms with Crippen LogP contribution < -0.4 is 14.4 Å². The van der Waals surface area contributed by atoms with Gasteiger partial charge in [0.05, 0.1) is 18.2 Å². The van der Waals surface area contributed by atoms with E-state index in [1.165, 1.54) is 0 Å². The van der Waals surface area contributed by atoms with E-state index >= 15 is 0 Å². The number of hydrogen-bond acceptors (Lipinski definition) is 6. The predicted molar refractivity (Wildman–Crippen MR) is 131 cm³/mol. The third-order valence-corrected chi connectivity index (χ3v) is 6.00. The second kappa shape index (κ2) is 14.6. The van der Waals surface area contributed by atoms with Crippen molar-refractivity contribution in [2.24, 2.45) is 0 Å². The molecular weight excluding hydrogens is 764 g/mol. The van der Waals surface area contributed by atoms with Gasteiger partial charge in [0.15, 0.2) is 11.5 Å². The fourth-order valence-electron chi connectivity index (χ4n) is 3.31. The van der Waals surface area contributed by atoms with Gasteiger partial charge in [-0.25, -0.2) is 4.90 Å². The summed E-state index contributed by atoms with van der Waals surface area (Å²) in [5.74, 6) is -43.1. The number of nitrogens with zero attached hydrogens (tertiary/aromatic N) is 1. The fourth-order valence-corrected chi connectivity index (χ4v) is 3.31. The summed E-state index contributed by atoms with van der Waals surface area (Å²) in [4.78, 5) is 24.5. The highest BCUT2D eigenvalue weighted by atomic mass is 19.4. The molecule has 1 heterocycles. The Morgan fingerprint density at radius 2 is 0.882 bits per heavy atom. The molecule has 288 valence electrons. The highest BCUT2D eigenvalue weighted by molar-refractivity contribution is 6.28. The van der Waals surface area contributed by atoms with Gasteiger partial charge in [-0.05, 0) is 12.1 Å². The van der Waals surface area contributed by atoms with Gasteiger partial charge in [0.2, 0.25) is 0 Å². The highest BCUT2D eigenvalue weighted by Crippen LogP contribution is 2.54. The lowest BCUT2D eigenvalue weighted by Crippen LogP contribution is -2.60. The van der Waals surface area contributed by atoms with Crippen molar-refractivity contribution in [3.63, 3.8) is 0 Å². The van der Waals surface area contributed by atoms with Crippen LogP contribution >= 0.6 is 0 Å². The van der Waals surface area contributed by atoms with Gasteiger partial charge in [0.25, 0.3) is 11.8 Å². The molecule has 51 heavy (non-hydrogen) atoms. The van der Waals surface area contributed by atoms with Crippen molar-refractivity contribution in [2.75, 3.05) is 31.3 Å². The minimum atomic E-state index is -7.17. The van der Waals surface area contributed by atoms with Gasteiger partial charge in [-0.15, -0.1) is 0 Å². The summed E-state index contributed by atoms with van der Waals surface area (Å²) in [5.41, 5.74) is -0.233. The van der Waals surface area contributed by atoms with Gasteiger partial charge in [-0.1, -0.05) is 0 Å². The van der Waals surface area contributed by atoms with Crippen LogP contribution in [0.15, 0.2) is 55.0 Å². The number of ether oxygens (including phenoxy) is 4. The maximum Gasteiger partial charge on any atom is 0.460 e. The first-order chi connectivity index (χ1) is 23.0. The van der Waals surface area contributed by atoms with E-state index in [0.717, 1.165) is 30.4 Å². The molecule has 1 aromatic carbocycles. The van der Waals surface area contributed by atoms with Crippen molar-refractivity contribution in [2.45, 2.75) is 47.9 Å². The number of alkyl halides is 18. The molecular formula is C26H17F18NO6. The summed E-state index contributed by atoms with van der Waals surface area (Å²) in [5, 5.41) is 0. The number of hydrogen-bond donors (Lipinski definition) is 0. The molecule has 7 nitrogen and oxygen atoms in total. The number of carbonyl (C=O) groups is 2. The first-order valence-corrected chi connectivity index (χ1v) is 12.9. The third kappa shape index (κ3) is 8.70. The molecule has 0 unspecified atom stereocenters. The van der Waals surface area contributed by atoms with Crippen LogP contribution in [0.3, 0.4) is 0 Å². The first kappa shape index (κ1) is 42.7. The Morgan fingerprint density at radius 1 is 0.510 bits per heavy atom. The number of rotatable bonds is 17. The molecule has 0 radical (unpaired) electrons. The van der Waals surface area contributed by atoms with Crippen molar-refractivity contribution < 1.29 is 108 Å². The normalized spacial score (nSPS) is 15.8. The van der Waals surface area contributed by atoms with Crippen LogP contribution in [-0.2, 0) is 19.1 Å². The zero-order valence-electron chi connectivity index (χ0n) is 24.2. The number of benzene rings is 1. The SMILES string of the molecule is O=C1C=CC(=O)N1c1ccc(OCCO/C=C/C(F)(F)C(F)(F)C(F)(F)C(F)(F)F)c(OCCO/C=C/C(F)(F)C(F)(F)C(F)(F)C(F)(F)F)c1. The molecule has 0 N–H and O–H groups in total. The second-order valence-electron chi connectivity index (χ2n) is 9.56. The van der Waals surface area contributed by atoms with Crippen LogP contribution in [0, 0.1) is 0 Å². The molecule has 0 saturated heterocycles. The van der Waals surface area contributed by atoms with Gasteiger partial charge in [0.1, 0.15) is 26.4 Å². The molecule has 1 aromatic rings. The average Bonchev–Trinajstić information content (AvgIpc) is 3.32. The van der Waals surface area contributed by atoms with Gasteiger partial charge in [-0.3, -0.25) is 9.59 Å². The summed E-state index contributed by atoms with van der Waals surface area (Å²) in [6, 6.07) is 2.89. The lowest BCUT2D eigenvalue weighted by Gasteiger charge is -2.32. The van der Waals surface area contributed by atoms with E-state index < -0.39 is 110 Å². The summed E-state index contributed by atoms with van der Waals surface area (Å²) in [6.07, 6.45) is -15.4. The van der Waals surface area contributed by atoms with Crippen LogP contribution in [0.25, 0.3) is 0 Å². The molecule has 0 aliphatic carbocycles. The zero-order chi connectivity index (χ0) is 39.5. The summed E-state index contributed by atoms with van der Waals surface area (Å²) >= 11 is 0. The van der Waals surface area contributed by atoms with Crippen LogP contribution in [0.2, 0.25) is 0 Å². The Bertz CT molecular complexity index is 1480. The minimum absolute atomic E-state index is 0.233. The Kier molecular flexibility index (Phi) is 12.2. The molecule has 0 bridgehead atoms. The molecule has 1 aliphatic heterocycles. The average molecular weight is 781 g/mol. The smallest absolute Gasteiger partial charge is 0.460 e. The van der Waals surface area contributed by atoms with Crippen molar-refractivity contribution >= 4 is 17.5 Å². The number of amides is 2. The number of imide groups is 1. The second-order valence-corrected chi connectivity index (χ2v) is 9.56. The largest absolute Gasteiger partial charge is 0.498 e. The summed E-state index contributed by atoms with van der Waals surface area (Å²) in [6.45, 7) is -3.46. The molecule has 2 rings (SSSR count). The van der Waals surface area contributed by atoms with Crippen LogP contribution in [0.4, 0.5) is 84.7 Å². The summed E-state index contributed by atoms with van der Waals surface area (Å²) in [7, 11) is 0. The van der Waals surface area contributed by atoms with Gasteiger partial charge < -0.3 is 18.9 Å². The Balaban J connectivity index is 2.10. The number of anilines is 1. The van der Waals surface area contributed by atoms with Gasteiger partial charge >= 0.3 is 47.9 Å². The van der Waals surface area contributed by atoms with E-state index in [0.29, 0.717) is 4.90 Å². The molecule has 0 spiro atoms. The first-order valence-electron chi connectivity index (χ1n) is 12.9. The lowest BCUT2D eigenvalue weighted by atomic mass is 10.0. The zero-order valence-corrected chi connectivity index (χ0v) is 24.2. The standard InChI is InChI=1S/C26H17F18NO6/c27-19(28,21(31,32)23(35,36)25(39,40)41)5-7-48-9-11-50-15-2-1-14(45-17(46)3-4-18(45)47)13-16(15)51-12-10-49-8-6-20(29,30)22(33,34)24(37,38)26(42,43)44/h1-8,13H,9-12H2/b7-5+,8-6+. The quantitative estimate of drug-likeness (QED) is 0.0694. The topological polar surface area (TPSA) is 74.3 Å². The van der Waals surface area contributed by atoms with E-state index in [1.807, 2.05) is 0 Å². The molecule has 1 aliphatic rings. The number of carbonyl (C=O) groups excluding carboxylic acids is 2. The van der Waals surface area contributed by atoms with E-state index in [9.17, 15) is 88.6 Å². The fraction of sp³-hybridized carbons (Fsp3) is 0.462. The van der Waals surface area contributed by atoms with Crippen molar-refractivity contribution in [3.8, 4) is 11.5 Å². The molecule has 25 heteroatoms. The van der Waals surface area contributed by atoms with Crippen LogP contribution in [0.5, 0.6) is 11.5 Å². The third-order valence-electron chi connectivity index (χ3n) is 6.00. The Hall–Kier alpha value is -4.48. The molecule has 2 amide bonds. The maximum absolute atomic E-state index is 13.5. The van der Waals surface area contributed by atoms with Crippen molar-refractivity contribution in [3.05, 3.63) is 55.0 Å². The minimum Gasteiger partial charge on any atom is -0.498 e. The van der Waals surface area contributed by atoms with Crippen LogP contribution in [0.1, 0.15) is 0 Å². The molecule has 0 atom stereocenters. The van der Waals surface area contributed by atoms with E-state index in [1.54, 1.807) is 0 Å². The molecule has 0 fully saturated rings. The predicted octanol–water partition coefficient (Wildman–Crippen LogP) is 7.87. The van der Waals surface area contributed by atoms with E-state index in [-0.39, 0.29) is 18.2 Å². The van der Waals surface area contributed by atoms with E-state index in [2.05, 4.69) is 9.47 Å². The van der Waals surface area contributed by atoms with E-state index in [4.69, 9.17) is 9.47 Å².